The van der Waals surface area contributed by atoms with Crippen LogP contribution in [0.5, 0.6) is 5.75 Å². The minimum atomic E-state index is -0.475. The lowest BCUT2D eigenvalue weighted by atomic mass is 10.1. The van der Waals surface area contributed by atoms with Crippen molar-refractivity contribution in [3.8, 4) is 5.75 Å². The van der Waals surface area contributed by atoms with Crippen LogP contribution in [-0.2, 0) is 11.3 Å². The van der Waals surface area contributed by atoms with Crippen molar-refractivity contribution in [2.75, 3.05) is 14.2 Å². The number of hydrogen-bond donors (Lipinski definition) is 2. The second-order valence-corrected chi connectivity index (χ2v) is 5.39. The molecule has 6 heteroatoms. The molecule has 1 atom stereocenters. The van der Waals surface area contributed by atoms with E-state index in [2.05, 4.69) is 10.6 Å². The highest BCUT2D eigenvalue weighted by Crippen LogP contribution is 2.20. The molecule has 122 valence electrons. The summed E-state index contributed by atoms with van der Waals surface area (Å²) in [7, 11) is 2.80. The number of nitrogens with one attached hydrogen (secondary N) is 2. The van der Waals surface area contributed by atoms with Gasteiger partial charge < -0.3 is 20.1 Å². The molecule has 0 spiro atoms. The SMILES string of the molecule is COC(=O)c1cc(CNC(=O)NC(C)C(C)C)ccc1OC. The highest BCUT2D eigenvalue weighted by atomic mass is 16.5. The van der Waals surface area contributed by atoms with Gasteiger partial charge in [0.2, 0.25) is 0 Å². The molecule has 1 aromatic rings. The molecule has 1 unspecified atom stereocenters. The summed E-state index contributed by atoms with van der Waals surface area (Å²) >= 11 is 0. The van der Waals surface area contributed by atoms with Crippen LogP contribution in [-0.4, -0.2) is 32.3 Å². The summed E-state index contributed by atoms with van der Waals surface area (Å²) in [5.74, 6) is 0.322. The highest BCUT2D eigenvalue weighted by molar-refractivity contribution is 5.92. The molecular formula is C16H24N2O4. The highest BCUT2D eigenvalue weighted by Gasteiger charge is 2.14. The van der Waals surface area contributed by atoms with Gasteiger partial charge in [-0.1, -0.05) is 19.9 Å². The Balaban J connectivity index is 2.70. The van der Waals surface area contributed by atoms with Gasteiger partial charge in [0.1, 0.15) is 11.3 Å². The number of esters is 1. The van der Waals surface area contributed by atoms with E-state index < -0.39 is 5.97 Å². The van der Waals surface area contributed by atoms with Gasteiger partial charge in [0, 0.05) is 12.6 Å². The number of amides is 2. The van der Waals surface area contributed by atoms with Crippen molar-refractivity contribution >= 4 is 12.0 Å². The third kappa shape index (κ3) is 4.95. The summed E-state index contributed by atoms with van der Waals surface area (Å²) < 4.78 is 9.85. The van der Waals surface area contributed by atoms with Crippen LogP contribution < -0.4 is 15.4 Å². The number of carbonyl (C=O) groups excluding carboxylic acids is 2. The van der Waals surface area contributed by atoms with Gasteiger partial charge >= 0.3 is 12.0 Å². The third-order valence-electron chi connectivity index (χ3n) is 3.48. The number of urea groups is 1. The zero-order valence-electron chi connectivity index (χ0n) is 13.7. The summed E-state index contributed by atoms with van der Waals surface area (Å²) in [6, 6.07) is 4.96. The first kappa shape index (κ1) is 17.8. The van der Waals surface area contributed by atoms with E-state index in [1.54, 1.807) is 18.2 Å². The summed E-state index contributed by atoms with van der Waals surface area (Å²) in [5, 5.41) is 5.62. The molecule has 0 heterocycles. The van der Waals surface area contributed by atoms with Crippen LogP contribution in [0.1, 0.15) is 36.7 Å². The molecule has 0 saturated heterocycles. The number of rotatable bonds is 6. The fraction of sp³-hybridized carbons (Fsp3) is 0.500. The molecule has 0 aromatic heterocycles. The summed E-state index contributed by atoms with van der Waals surface area (Å²) in [6.45, 7) is 6.34. The summed E-state index contributed by atoms with van der Waals surface area (Å²) in [6.07, 6.45) is 0. The number of ether oxygens (including phenoxy) is 2. The average Bonchev–Trinajstić information content (AvgIpc) is 2.51. The Morgan fingerprint density at radius 1 is 1.18 bits per heavy atom. The molecule has 22 heavy (non-hydrogen) atoms. The van der Waals surface area contributed by atoms with E-state index in [9.17, 15) is 9.59 Å². The molecule has 0 radical (unpaired) electrons. The van der Waals surface area contributed by atoms with Crippen molar-refractivity contribution in [2.45, 2.75) is 33.4 Å². The molecule has 2 N–H and O–H groups in total. The topological polar surface area (TPSA) is 76.7 Å². The summed E-state index contributed by atoms with van der Waals surface area (Å²) in [4.78, 5) is 23.5. The first-order chi connectivity index (χ1) is 10.4. The van der Waals surface area contributed by atoms with Crippen LogP contribution in [0.3, 0.4) is 0 Å². The van der Waals surface area contributed by atoms with Crippen molar-refractivity contribution in [2.24, 2.45) is 5.92 Å². The van der Waals surface area contributed by atoms with E-state index in [4.69, 9.17) is 9.47 Å². The molecule has 0 saturated carbocycles. The van der Waals surface area contributed by atoms with Crippen LogP contribution >= 0.6 is 0 Å². The van der Waals surface area contributed by atoms with Crippen LogP contribution in [0.4, 0.5) is 4.79 Å². The molecule has 0 bridgehead atoms. The molecule has 0 fully saturated rings. The lowest BCUT2D eigenvalue weighted by molar-refractivity contribution is 0.0597. The van der Waals surface area contributed by atoms with E-state index in [1.165, 1.54) is 14.2 Å². The van der Waals surface area contributed by atoms with Crippen LogP contribution in [0, 0.1) is 5.92 Å². The zero-order valence-corrected chi connectivity index (χ0v) is 13.7. The lowest BCUT2D eigenvalue weighted by Crippen LogP contribution is -2.42. The van der Waals surface area contributed by atoms with Gasteiger partial charge in [-0.2, -0.15) is 0 Å². The third-order valence-corrected chi connectivity index (χ3v) is 3.48. The maximum absolute atomic E-state index is 11.8. The Bertz CT molecular complexity index is 529. The van der Waals surface area contributed by atoms with E-state index in [0.29, 0.717) is 23.8 Å². The molecule has 0 aliphatic heterocycles. The van der Waals surface area contributed by atoms with Crippen LogP contribution in [0.2, 0.25) is 0 Å². The largest absolute Gasteiger partial charge is 0.496 e. The number of methoxy groups -OCH3 is 2. The van der Waals surface area contributed by atoms with Crippen molar-refractivity contribution in [3.05, 3.63) is 29.3 Å². The fourth-order valence-electron chi connectivity index (χ4n) is 1.74. The molecule has 1 aromatic carbocycles. The van der Waals surface area contributed by atoms with Gasteiger partial charge in [0.15, 0.2) is 0 Å². The molecule has 0 aliphatic carbocycles. The second-order valence-electron chi connectivity index (χ2n) is 5.39. The smallest absolute Gasteiger partial charge is 0.341 e. The van der Waals surface area contributed by atoms with Crippen LogP contribution in [0.25, 0.3) is 0 Å². The summed E-state index contributed by atoms with van der Waals surface area (Å²) in [5.41, 5.74) is 1.12. The Hall–Kier alpha value is -2.24. The van der Waals surface area contributed by atoms with Gasteiger partial charge in [-0.25, -0.2) is 9.59 Å². The van der Waals surface area contributed by atoms with Gasteiger partial charge in [-0.05, 0) is 30.5 Å². The lowest BCUT2D eigenvalue weighted by Gasteiger charge is -2.18. The van der Waals surface area contributed by atoms with E-state index >= 15 is 0 Å². The molecule has 6 nitrogen and oxygen atoms in total. The van der Waals surface area contributed by atoms with Crippen LogP contribution in [0.15, 0.2) is 18.2 Å². The number of carbonyl (C=O) groups is 2. The average molecular weight is 308 g/mol. The number of hydrogen-bond acceptors (Lipinski definition) is 4. The zero-order chi connectivity index (χ0) is 16.7. The quantitative estimate of drug-likeness (QED) is 0.791. The Morgan fingerprint density at radius 2 is 1.86 bits per heavy atom. The van der Waals surface area contributed by atoms with Gasteiger partial charge in [-0.3, -0.25) is 0 Å². The monoisotopic (exact) mass is 308 g/mol. The Morgan fingerprint density at radius 3 is 2.41 bits per heavy atom. The first-order valence-electron chi connectivity index (χ1n) is 7.18. The van der Waals surface area contributed by atoms with Gasteiger partial charge in [0.05, 0.1) is 14.2 Å². The maximum atomic E-state index is 11.8. The van der Waals surface area contributed by atoms with Crippen molar-refractivity contribution < 1.29 is 19.1 Å². The van der Waals surface area contributed by atoms with Gasteiger partial charge in [0.25, 0.3) is 0 Å². The predicted molar refractivity (Wildman–Crippen MR) is 84.0 cm³/mol. The normalized spacial score (nSPS) is 11.7. The Kier molecular flexibility index (Phi) is 6.69. The minimum Gasteiger partial charge on any atom is -0.496 e. The second kappa shape index (κ2) is 8.26. The maximum Gasteiger partial charge on any atom is 0.341 e. The predicted octanol–water partition coefficient (Wildman–Crippen LogP) is 2.33. The van der Waals surface area contributed by atoms with Crippen molar-refractivity contribution in [3.63, 3.8) is 0 Å². The standard InChI is InChI=1S/C16H24N2O4/c1-10(2)11(3)18-16(20)17-9-12-6-7-14(21-4)13(8-12)15(19)22-5/h6-8,10-11H,9H2,1-5H3,(H2,17,18,20). The molecular weight excluding hydrogens is 284 g/mol. The van der Waals surface area contributed by atoms with Crippen molar-refractivity contribution in [1.29, 1.82) is 0 Å². The minimum absolute atomic E-state index is 0.0847. The molecule has 2 amide bonds. The van der Waals surface area contributed by atoms with E-state index in [0.717, 1.165) is 5.56 Å². The number of benzene rings is 1. The Labute approximate surface area is 131 Å². The van der Waals surface area contributed by atoms with E-state index in [1.807, 2.05) is 20.8 Å². The van der Waals surface area contributed by atoms with E-state index in [-0.39, 0.29) is 12.1 Å². The first-order valence-corrected chi connectivity index (χ1v) is 7.18. The molecule has 0 aliphatic rings. The fourth-order valence-corrected chi connectivity index (χ4v) is 1.74. The van der Waals surface area contributed by atoms with Gasteiger partial charge in [-0.15, -0.1) is 0 Å². The van der Waals surface area contributed by atoms with Crippen molar-refractivity contribution in [1.82, 2.24) is 10.6 Å². The molecule has 1 rings (SSSR count).